The Bertz CT molecular complexity index is 2730. The number of aliphatic carboxylic acids is 1. The van der Waals surface area contributed by atoms with Crippen molar-refractivity contribution in [2.75, 3.05) is 87.9 Å². The molecule has 4 aliphatic rings. The Balaban J connectivity index is 1.01. The minimum absolute atomic E-state index is 0.0579. The summed E-state index contributed by atoms with van der Waals surface area (Å²) in [6.45, 7) is 7.30. The number of thioether (sulfide) groups is 1. The quantitative estimate of drug-likeness (QED) is 0.0619. The molecule has 0 saturated heterocycles. The van der Waals surface area contributed by atoms with Crippen molar-refractivity contribution in [1.29, 1.82) is 0 Å². The highest BCUT2D eigenvalue weighted by Gasteiger charge is 2.38. The van der Waals surface area contributed by atoms with Gasteiger partial charge in [0.15, 0.2) is 23.0 Å². The number of hydrogen-bond acceptors (Lipinski definition) is 14. The lowest BCUT2D eigenvalue weighted by Gasteiger charge is -2.34. The molecule has 2 amide bonds. The SMILES string of the molecule is COCCOCCOCCN(CC(C)(C)SCC(=O)O)c1cc(COc2cc3c(cc2OC)C(=O)N2c4ccccc4C[C@H]2C=N3)cc(COc2cc3c(cc2OC)C(=O)N2c4ccccc4C[C@@H]2C=N3)c1. The Kier molecular flexibility index (Phi) is 15.5. The van der Waals surface area contributed by atoms with Gasteiger partial charge in [-0.2, -0.15) is 0 Å². The van der Waals surface area contributed by atoms with Crippen molar-refractivity contribution in [1.82, 2.24) is 0 Å². The smallest absolute Gasteiger partial charge is 0.313 e. The van der Waals surface area contributed by atoms with Gasteiger partial charge in [0, 0.05) is 79.4 Å². The number of hydrogen-bond donors (Lipinski definition) is 1. The number of rotatable bonds is 23. The Morgan fingerprint density at radius 1 is 0.681 bits per heavy atom. The van der Waals surface area contributed by atoms with Crippen LogP contribution < -0.4 is 33.6 Å². The van der Waals surface area contributed by atoms with E-state index in [0.29, 0.717) is 104 Å². The maximum absolute atomic E-state index is 14.2. The first-order chi connectivity index (χ1) is 34.9. The zero-order chi connectivity index (χ0) is 50.4. The first-order valence-corrected chi connectivity index (χ1v) is 24.9. The Hall–Kier alpha value is -6.92. The zero-order valence-corrected chi connectivity index (χ0v) is 41.9. The maximum Gasteiger partial charge on any atom is 0.313 e. The van der Waals surface area contributed by atoms with Gasteiger partial charge in [0.1, 0.15) is 13.2 Å². The molecule has 2 atom stereocenters. The molecule has 0 spiro atoms. The van der Waals surface area contributed by atoms with Crippen LogP contribution in [-0.4, -0.2) is 125 Å². The predicted octanol–water partition coefficient (Wildman–Crippen LogP) is 8.52. The van der Waals surface area contributed by atoms with Crippen LogP contribution in [0.1, 0.15) is 56.8 Å². The number of benzene rings is 5. The van der Waals surface area contributed by atoms with Gasteiger partial charge in [-0.05, 0) is 78.6 Å². The van der Waals surface area contributed by atoms with E-state index in [1.165, 1.54) is 11.8 Å². The van der Waals surface area contributed by atoms with Crippen LogP contribution >= 0.6 is 11.8 Å². The molecule has 4 heterocycles. The minimum Gasteiger partial charge on any atom is -0.493 e. The summed E-state index contributed by atoms with van der Waals surface area (Å²) in [6.07, 6.45) is 4.99. The molecule has 5 aromatic rings. The Labute approximate surface area is 423 Å². The average molecular weight is 998 g/mol. The van der Waals surface area contributed by atoms with E-state index in [1.54, 1.807) is 55.4 Å². The second-order valence-corrected chi connectivity index (χ2v) is 20.1. The number of amides is 2. The minimum atomic E-state index is -0.891. The fraction of sp³-hybridized carbons (Fsp3) is 0.364. The number of carbonyl (C=O) groups excluding carboxylic acids is 2. The lowest BCUT2D eigenvalue weighted by atomic mass is 10.1. The van der Waals surface area contributed by atoms with E-state index >= 15 is 0 Å². The number of anilines is 3. The largest absolute Gasteiger partial charge is 0.493 e. The third-order valence-electron chi connectivity index (χ3n) is 12.9. The molecule has 0 aliphatic carbocycles. The van der Waals surface area contributed by atoms with Gasteiger partial charge in [-0.3, -0.25) is 34.2 Å². The molecule has 17 heteroatoms. The van der Waals surface area contributed by atoms with Crippen molar-refractivity contribution in [2.24, 2.45) is 9.98 Å². The van der Waals surface area contributed by atoms with E-state index in [9.17, 15) is 19.5 Å². The highest BCUT2D eigenvalue weighted by atomic mass is 32.2. The standard InChI is InChI=1S/C55H59N5O11S/c1-55(2,72-33-52(61)62)34-58(14-15-68-18-19-69-17-16-65-3)39-21-35(31-70-50-27-44-42(25-48(50)66-4)53(63)59-40(29-56-44)23-37-10-6-8-12-46(37)59)20-36(22-39)32-71-51-28-45-43(26-49(51)67-5)54(64)60-41(30-57-45)24-38-11-7-9-13-47(38)60/h6-13,20-22,25-30,40-41H,14-19,23-24,31-34H2,1-5H3,(H,61,62)/t40-,41+. The molecule has 1 N–H and O–H groups in total. The number of nitrogens with zero attached hydrogens (tertiary/aromatic N) is 5. The van der Waals surface area contributed by atoms with Crippen LogP contribution in [0, 0.1) is 0 Å². The summed E-state index contributed by atoms with van der Waals surface area (Å²) in [7, 11) is 4.71. The van der Waals surface area contributed by atoms with Crippen molar-refractivity contribution in [3.8, 4) is 23.0 Å². The monoisotopic (exact) mass is 997 g/mol. The second kappa shape index (κ2) is 22.2. The fourth-order valence-electron chi connectivity index (χ4n) is 9.49. The molecule has 0 unspecified atom stereocenters. The number of carboxylic acid groups (broad SMARTS) is 1. The normalized spacial score (nSPS) is 16.2. The van der Waals surface area contributed by atoms with E-state index in [1.807, 2.05) is 93.0 Å². The van der Waals surface area contributed by atoms with Gasteiger partial charge in [-0.1, -0.05) is 36.4 Å². The van der Waals surface area contributed by atoms with Gasteiger partial charge < -0.3 is 43.2 Å². The highest BCUT2D eigenvalue weighted by molar-refractivity contribution is 8.01. The molecular weight excluding hydrogens is 939 g/mol. The van der Waals surface area contributed by atoms with Crippen LogP contribution in [0.3, 0.4) is 0 Å². The van der Waals surface area contributed by atoms with E-state index in [4.69, 9.17) is 43.1 Å². The molecule has 376 valence electrons. The highest BCUT2D eigenvalue weighted by Crippen LogP contribution is 2.43. The number of methoxy groups -OCH3 is 3. The van der Waals surface area contributed by atoms with Gasteiger partial charge in [-0.25, -0.2) is 0 Å². The van der Waals surface area contributed by atoms with Crippen molar-refractivity contribution < 1.29 is 52.6 Å². The molecular formula is C55H59N5O11S. The molecule has 0 saturated carbocycles. The molecule has 0 aromatic heterocycles. The average Bonchev–Trinajstić information content (AvgIpc) is 3.88. The van der Waals surface area contributed by atoms with Gasteiger partial charge in [0.2, 0.25) is 0 Å². The summed E-state index contributed by atoms with van der Waals surface area (Å²) in [4.78, 5) is 55.4. The first-order valence-electron chi connectivity index (χ1n) is 23.9. The van der Waals surface area contributed by atoms with Gasteiger partial charge in [0.25, 0.3) is 11.8 Å². The lowest BCUT2D eigenvalue weighted by molar-refractivity contribution is -0.133. The van der Waals surface area contributed by atoms with Crippen LogP contribution in [-0.2, 0) is 45.1 Å². The Morgan fingerprint density at radius 3 is 1.68 bits per heavy atom. The van der Waals surface area contributed by atoms with Gasteiger partial charge in [-0.15, -0.1) is 11.8 Å². The third-order valence-corrected chi connectivity index (χ3v) is 14.2. The molecule has 0 bridgehead atoms. The van der Waals surface area contributed by atoms with E-state index in [2.05, 4.69) is 4.90 Å². The van der Waals surface area contributed by atoms with Crippen molar-refractivity contribution in [3.05, 3.63) is 124 Å². The number of carboxylic acids is 1. The molecule has 5 aromatic carbocycles. The molecule has 0 fully saturated rings. The van der Waals surface area contributed by atoms with Crippen LogP contribution in [0.2, 0.25) is 0 Å². The van der Waals surface area contributed by atoms with Crippen molar-refractivity contribution >= 4 is 70.4 Å². The van der Waals surface area contributed by atoms with Gasteiger partial charge >= 0.3 is 5.97 Å². The molecule has 9 rings (SSSR count). The van der Waals surface area contributed by atoms with Gasteiger partial charge in [0.05, 0.1) is 87.6 Å². The summed E-state index contributed by atoms with van der Waals surface area (Å²) in [5.74, 6) is 0.298. The number of para-hydroxylation sites is 2. The zero-order valence-electron chi connectivity index (χ0n) is 41.1. The predicted molar refractivity (Wildman–Crippen MR) is 279 cm³/mol. The third kappa shape index (κ3) is 11.1. The van der Waals surface area contributed by atoms with Crippen LogP contribution in [0.15, 0.2) is 101 Å². The summed E-state index contributed by atoms with van der Waals surface area (Å²) < 4.78 is 41.1. The lowest BCUT2D eigenvalue weighted by Crippen LogP contribution is -2.39. The van der Waals surface area contributed by atoms with E-state index in [-0.39, 0.29) is 42.9 Å². The first kappa shape index (κ1) is 50.0. The number of ether oxygens (including phenoxy) is 7. The molecule has 16 nitrogen and oxygen atoms in total. The summed E-state index contributed by atoms with van der Waals surface area (Å²) in [6, 6.07) is 28.3. The Morgan fingerprint density at radius 2 is 1.18 bits per heavy atom. The number of carbonyl (C=O) groups is 3. The van der Waals surface area contributed by atoms with Crippen LogP contribution in [0.4, 0.5) is 28.4 Å². The molecule has 72 heavy (non-hydrogen) atoms. The topological polar surface area (TPSA) is 170 Å². The maximum atomic E-state index is 14.2. The number of fused-ring (bicyclic) bond motifs is 8. The fourth-order valence-corrected chi connectivity index (χ4v) is 10.3. The van der Waals surface area contributed by atoms with Crippen molar-refractivity contribution in [3.63, 3.8) is 0 Å². The van der Waals surface area contributed by atoms with E-state index < -0.39 is 10.7 Å². The summed E-state index contributed by atoms with van der Waals surface area (Å²) >= 11 is 1.36. The summed E-state index contributed by atoms with van der Waals surface area (Å²) in [5, 5.41) is 9.62. The molecule has 4 aliphatic heterocycles. The summed E-state index contributed by atoms with van der Waals surface area (Å²) in [5.41, 5.74) is 8.12. The number of aliphatic imine (C=N–C) groups is 2. The second-order valence-electron chi connectivity index (χ2n) is 18.4. The molecule has 0 radical (unpaired) electrons. The van der Waals surface area contributed by atoms with Crippen molar-refractivity contribution in [2.45, 2.75) is 56.7 Å². The van der Waals surface area contributed by atoms with Crippen LogP contribution in [0.25, 0.3) is 0 Å². The van der Waals surface area contributed by atoms with Crippen LogP contribution in [0.5, 0.6) is 23.0 Å². The van der Waals surface area contributed by atoms with E-state index in [0.717, 1.165) is 39.3 Å².